The summed E-state index contributed by atoms with van der Waals surface area (Å²) >= 11 is 0. The van der Waals surface area contributed by atoms with Crippen molar-refractivity contribution in [3.63, 3.8) is 0 Å². The number of carbonyl (C=O) groups is 3. The van der Waals surface area contributed by atoms with Crippen LogP contribution >= 0.6 is 0 Å². The number of carbonyl (C=O) groups excluding carboxylic acids is 2. The number of amides is 2. The Balaban J connectivity index is 1.75. The maximum Gasteiger partial charge on any atom is 0.412 e. The lowest BCUT2D eigenvalue weighted by Crippen LogP contribution is -2.27. The molecule has 33 heavy (non-hydrogen) atoms. The third-order valence-corrected chi connectivity index (χ3v) is 4.56. The standard InChI is InChI=1S/C25H25N3O5/c1-15-13-18(23(30)31)14-26-21(15)16-9-11-17(12-10-16)22(29)27-19-7-5-6-8-20(19)28-24(32)33-25(2,3)4/h5-14H,1-4H3,(H,27,29)(H,28,32)(H,30,31). The fourth-order valence-electron chi connectivity index (χ4n) is 3.08. The molecule has 0 unspecified atom stereocenters. The van der Waals surface area contributed by atoms with Crippen molar-refractivity contribution in [2.45, 2.75) is 33.3 Å². The van der Waals surface area contributed by atoms with Crippen LogP contribution in [0, 0.1) is 6.92 Å². The molecule has 0 atom stereocenters. The monoisotopic (exact) mass is 447 g/mol. The summed E-state index contributed by atoms with van der Waals surface area (Å²) < 4.78 is 5.27. The van der Waals surface area contributed by atoms with Gasteiger partial charge in [-0.2, -0.15) is 0 Å². The van der Waals surface area contributed by atoms with Crippen molar-refractivity contribution in [1.82, 2.24) is 4.98 Å². The first-order valence-electron chi connectivity index (χ1n) is 10.2. The molecule has 0 bridgehead atoms. The predicted molar refractivity (Wildman–Crippen MR) is 126 cm³/mol. The van der Waals surface area contributed by atoms with Gasteiger partial charge in [0.05, 0.1) is 22.6 Å². The normalized spacial score (nSPS) is 10.9. The Morgan fingerprint density at radius 3 is 2.06 bits per heavy atom. The summed E-state index contributed by atoms with van der Waals surface area (Å²) in [6.07, 6.45) is 0.685. The van der Waals surface area contributed by atoms with Gasteiger partial charge in [0.2, 0.25) is 0 Å². The number of anilines is 2. The quantitative estimate of drug-likeness (QED) is 0.485. The molecule has 1 aromatic heterocycles. The molecule has 3 rings (SSSR count). The van der Waals surface area contributed by atoms with Crippen LogP contribution in [-0.2, 0) is 4.74 Å². The molecule has 170 valence electrons. The van der Waals surface area contributed by atoms with E-state index in [0.717, 1.165) is 5.56 Å². The minimum atomic E-state index is -1.04. The molecule has 0 saturated carbocycles. The summed E-state index contributed by atoms with van der Waals surface area (Å²) in [5.74, 6) is -1.39. The summed E-state index contributed by atoms with van der Waals surface area (Å²) in [4.78, 5) is 40.2. The second-order valence-electron chi connectivity index (χ2n) is 8.40. The molecule has 3 aromatic rings. The van der Waals surface area contributed by atoms with Crippen molar-refractivity contribution in [3.05, 3.63) is 77.5 Å². The minimum Gasteiger partial charge on any atom is -0.478 e. The largest absolute Gasteiger partial charge is 0.478 e. The van der Waals surface area contributed by atoms with Gasteiger partial charge in [0, 0.05) is 17.3 Å². The zero-order chi connectivity index (χ0) is 24.2. The third kappa shape index (κ3) is 6.16. The van der Waals surface area contributed by atoms with Crippen molar-refractivity contribution in [1.29, 1.82) is 0 Å². The number of para-hydroxylation sites is 2. The van der Waals surface area contributed by atoms with Crippen LogP contribution in [0.5, 0.6) is 0 Å². The molecule has 3 N–H and O–H groups in total. The number of aromatic carboxylic acids is 1. The van der Waals surface area contributed by atoms with Crippen LogP contribution in [-0.4, -0.2) is 33.7 Å². The van der Waals surface area contributed by atoms with Gasteiger partial charge in [-0.1, -0.05) is 24.3 Å². The molecule has 2 amide bonds. The van der Waals surface area contributed by atoms with Gasteiger partial charge >= 0.3 is 12.1 Å². The van der Waals surface area contributed by atoms with E-state index in [4.69, 9.17) is 9.84 Å². The molecule has 0 aliphatic heterocycles. The van der Waals surface area contributed by atoms with Gasteiger partial charge in [-0.25, -0.2) is 9.59 Å². The topological polar surface area (TPSA) is 118 Å². The Labute approximate surface area is 191 Å². The van der Waals surface area contributed by atoms with Gasteiger partial charge < -0.3 is 15.2 Å². The summed E-state index contributed by atoms with van der Waals surface area (Å²) in [7, 11) is 0. The van der Waals surface area contributed by atoms with Crippen LogP contribution < -0.4 is 10.6 Å². The van der Waals surface area contributed by atoms with Crippen LogP contribution in [0.4, 0.5) is 16.2 Å². The highest BCUT2D eigenvalue weighted by atomic mass is 16.6. The molecule has 2 aromatic carbocycles. The van der Waals surface area contributed by atoms with Crippen LogP contribution in [0.1, 0.15) is 47.1 Å². The fraction of sp³-hybridized carbons (Fsp3) is 0.200. The number of nitrogens with one attached hydrogen (secondary N) is 2. The van der Waals surface area contributed by atoms with Crippen LogP contribution in [0.25, 0.3) is 11.3 Å². The van der Waals surface area contributed by atoms with Gasteiger partial charge in [-0.3, -0.25) is 15.1 Å². The van der Waals surface area contributed by atoms with Gasteiger partial charge in [-0.05, 0) is 63.6 Å². The smallest absolute Gasteiger partial charge is 0.412 e. The van der Waals surface area contributed by atoms with Crippen molar-refractivity contribution in [3.8, 4) is 11.3 Å². The molecule has 0 spiro atoms. The zero-order valence-corrected chi connectivity index (χ0v) is 18.8. The van der Waals surface area contributed by atoms with E-state index in [9.17, 15) is 14.4 Å². The number of rotatable bonds is 5. The van der Waals surface area contributed by atoms with Gasteiger partial charge in [0.25, 0.3) is 5.91 Å². The lowest BCUT2D eigenvalue weighted by Gasteiger charge is -2.20. The van der Waals surface area contributed by atoms with E-state index in [1.807, 2.05) is 0 Å². The Hall–Kier alpha value is -4.20. The first-order valence-corrected chi connectivity index (χ1v) is 10.2. The number of carboxylic acid groups (broad SMARTS) is 1. The molecule has 0 saturated heterocycles. The Morgan fingerprint density at radius 2 is 1.52 bits per heavy atom. The second-order valence-corrected chi connectivity index (χ2v) is 8.40. The van der Waals surface area contributed by atoms with Gasteiger partial charge in [0.1, 0.15) is 5.60 Å². The maximum absolute atomic E-state index is 12.8. The summed E-state index contributed by atoms with van der Waals surface area (Å²) in [6.45, 7) is 7.08. The van der Waals surface area contributed by atoms with E-state index in [1.54, 1.807) is 82.3 Å². The first-order chi connectivity index (χ1) is 15.5. The number of benzene rings is 2. The molecular formula is C25H25N3O5. The van der Waals surface area contributed by atoms with Crippen molar-refractivity contribution in [2.75, 3.05) is 10.6 Å². The van der Waals surface area contributed by atoms with Gasteiger partial charge in [0.15, 0.2) is 0 Å². The molecule has 1 heterocycles. The number of ether oxygens (including phenoxy) is 1. The Kier molecular flexibility index (Phi) is 6.77. The zero-order valence-electron chi connectivity index (χ0n) is 18.8. The van der Waals surface area contributed by atoms with E-state index in [-0.39, 0.29) is 11.5 Å². The van der Waals surface area contributed by atoms with Crippen molar-refractivity contribution >= 4 is 29.3 Å². The van der Waals surface area contributed by atoms with E-state index in [0.29, 0.717) is 28.2 Å². The Morgan fingerprint density at radius 1 is 0.909 bits per heavy atom. The average molecular weight is 447 g/mol. The highest BCUT2D eigenvalue weighted by Gasteiger charge is 2.18. The molecule has 0 aliphatic carbocycles. The third-order valence-electron chi connectivity index (χ3n) is 4.56. The summed E-state index contributed by atoms with van der Waals surface area (Å²) in [6, 6.07) is 15.2. The van der Waals surface area contributed by atoms with E-state index < -0.39 is 17.7 Å². The van der Waals surface area contributed by atoms with Crippen LogP contribution in [0.15, 0.2) is 60.8 Å². The lowest BCUT2D eigenvalue weighted by atomic mass is 10.0. The molecule has 0 aliphatic rings. The highest BCUT2D eigenvalue weighted by molar-refractivity contribution is 6.07. The fourth-order valence-corrected chi connectivity index (χ4v) is 3.08. The van der Waals surface area contributed by atoms with Crippen molar-refractivity contribution in [2.24, 2.45) is 0 Å². The molecule has 8 nitrogen and oxygen atoms in total. The maximum atomic E-state index is 12.8. The Bertz CT molecular complexity index is 1200. The summed E-state index contributed by atoms with van der Waals surface area (Å²) in [5, 5.41) is 14.5. The summed E-state index contributed by atoms with van der Waals surface area (Å²) in [5.41, 5.74) is 2.83. The van der Waals surface area contributed by atoms with Crippen LogP contribution in [0.3, 0.4) is 0 Å². The molecule has 0 radical (unpaired) electrons. The SMILES string of the molecule is Cc1cc(C(=O)O)cnc1-c1ccc(C(=O)Nc2ccccc2NC(=O)OC(C)(C)C)cc1. The van der Waals surface area contributed by atoms with Gasteiger partial charge in [-0.15, -0.1) is 0 Å². The second kappa shape index (κ2) is 9.52. The van der Waals surface area contributed by atoms with Crippen LogP contribution in [0.2, 0.25) is 0 Å². The predicted octanol–water partition coefficient (Wildman–Crippen LogP) is 5.35. The molecule has 8 heteroatoms. The van der Waals surface area contributed by atoms with Crippen molar-refractivity contribution < 1.29 is 24.2 Å². The lowest BCUT2D eigenvalue weighted by molar-refractivity contribution is 0.0633. The average Bonchev–Trinajstić information content (AvgIpc) is 2.73. The number of pyridine rings is 1. The number of hydrogen-bond acceptors (Lipinski definition) is 5. The number of carboxylic acids is 1. The number of aromatic nitrogens is 1. The highest BCUT2D eigenvalue weighted by Crippen LogP contribution is 2.25. The number of hydrogen-bond donors (Lipinski definition) is 3. The number of nitrogens with zero attached hydrogens (tertiary/aromatic N) is 1. The van der Waals surface area contributed by atoms with E-state index in [2.05, 4.69) is 15.6 Å². The van der Waals surface area contributed by atoms with E-state index in [1.165, 1.54) is 6.20 Å². The molecule has 0 fully saturated rings. The van der Waals surface area contributed by atoms with E-state index >= 15 is 0 Å². The first kappa shape index (κ1) is 23.5. The number of aryl methyl sites for hydroxylation is 1. The molecular weight excluding hydrogens is 422 g/mol. The minimum absolute atomic E-state index is 0.117.